The van der Waals surface area contributed by atoms with Gasteiger partial charge in [0.15, 0.2) is 9.84 Å². The summed E-state index contributed by atoms with van der Waals surface area (Å²) in [6, 6.07) is 14.6. The Morgan fingerprint density at radius 1 is 0.980 bits per heavy atom. The van der Waals surface area contributed by atoms with E-state index in [0.29, 0.717) is 29.6 Å². The molecular formula is C39H55FN4O5S. The van der Waals surface area contributed by atoms with Gasteiger partial charge in [0.1, 0.15) is 5.82 Å². The van der Waals surface area contributed by atoms with Crippen LogP contribution < -0.4 is 10.2 Å². The number of methoxy groups -OCH3 is 1. The zero-order chi connectivity index (χ0) is 35.1. The lowest BCUT2D eigenvalue weighted by Crippen LogP contribution is -2.59. The minimum absolute atomic E-state index is 0.0551. The van der Waals surface area contributed by atoms with Gasteiger partial charge in [-0.05, 0) is 125 Å². The molecule has 274 valence electrons. The maximum Gasteiger partial charge on any atom is 0.407 e. The van der Waals surface area contributed by atoms with E-state index in [4.69, 9.17) is 4.74 Å². The Balaban J connectivity index is 1.06. The lowest BCUT2D eigenvalue weighted by Gasteiger charge is -2.53. The third-order valence-corrected chi connectivity index (χ3v) is 15.0. The molecule has 9 nitrogen and oxygen atoms in total. The second kappa shape index (κ2) is 14.4. The number of ether oxygens (including phenoxy) is 1. The molecule has 3 aliphatic heterocycles. The van der Waals surface area contributed by atoms with Crippen LogP contribution in [-0.4, -0.2) is 106 Å². The summed E-state index contributed by atoms with van der Waals surface area (Å²) in [5.74, 6) is 0.763. The molecule has 0 radical (unpaired) electrons. The van der Waals surface area contributed by atoms with Crippen LogP contribution in [0.4, 0.5) is 14.9 Å². The number of carbonyl (C=O) groups is 1. The molecule has 5 aliphatic rings. The number of aliphatic hydroxyl groups is 1. The van der Waals surface area contributed by atoms with E-state index in [9.17, 15) is 18.3 Å². The van der Waals surface area contributed by atoms with Gasteiger partial charge < -0.3 is 29.9 Å². The predicted molar refractivity (Wildman–Crippen MR) is 193 cm³/mol. The summed E-state index contributed by atoms with van der Waals surface area (Å²) >= 11 is 0. The van der Waals surface area contributed by atoms with Crippen molar-refractivity contribution in [2.24, 2.45) is 17.8 Å². The van der Waals surface area contributed by atoms with Gasteiger partial charge in [-0.25, -0.2) is 17.6 Å². The van der Waals surface area contributed by atoms with Crippen molar-refractivity contribution in [3.8, 4) is 0 Å². The molecular weight excluding hydrogens is 656 g/mol. The molecule has 0 bridgehead atoms. The number of halogens is 1. The first-order valence-corrected chi connectivity index (χ1v) is 20.4. The summed E-state index contributed by atoms with van der Waals surface area (Å²) in [5, 5.41) is 13.8. The van der Waals surface area contributed by atoms with E-state index in [1.165, 1.54) is 13.2 Å². The summed E-state index contributed by atoms with van der Waals surface area (Å²) in [6.07, 6.45) is 7.39. The molecule has 3 atom stereocenters. The van der Waals surface area contributed by atoms with Crippen molar-refractivity contribution in [1.29, 1.82) is 0 Å². The van der Waals surface area contributed by atoms with Crippen LogP contribution >= 0.6 is 0 Å². The van der Waals surface area contributed by atoms with Gasteiger partial charge in [-0.3, -0.25) is 0 Å². The van der Waals surface area contributed by atoms with Crippen molar-refractivity contribution in [1.82, 2.24) is 15.1 Å². The molecule has 0 spiro atoms. The van der Waals surface area contributed by atoms with Crippen LogP contribution in [-0.2, 0) is 20.0 Å². The average molecular weight is 711 g/mol. The largest absolute Gasteiger partial charge is 0.453 e. The second-order valence-electron chi connectivity index (χ2n) is 16.2. The minimum atomic E-state index is -3.17. The van der Waals surface area contributed by atoms with Crippen molar-refractivity contribution in [3.05, 3.63) is 59.9 Å². The molecule has 2 N–H and O–H groups in total. The fraction of sp³-hybridized carbons (Fsp3) is 0.667. The fourth-order valence-corrected chi connectivity index (χ4v) is 11.4. The maximum absolute atomic E-state index is 15.1. The number of rotatable bonds is 11. The lowest BCUT2D eigenvalue weighted by atomic mass is 9.58. The van der Waals surface area contributed by atoms with Gasteiger partial charge in [0.2, 0.25) is 0 Å². The highest BCUT2D eigenvalue weighted by atomic mass is 32.2. The van der Waals surface area contributed by atoms with Crippen molar-refractivity contribution in [2.75, 3.05) is 64.4 Å². The SMILES string of the molecule is COC(=O)N[C@H]1CCC[C@@H]1[C@](CN1CCC(C)(O)CC1)(c1cccc(F)c1)C1CCN(CC2CN(c3ccc(S(=O)(=O)C4CC4)cc3)C2)CC1. The third-order valence-electron chi connectivity index (χ3n) is 12.7. The Morgan fingerprint density at radius 3 is 2.32 bits per heavy atom. The molecule has 3 heterocycles. The number of nitrogens with zero attached hydrogens (tertiary/aromatic N) is 3. The van der Waals surface area contributed by atoms with E-state index < -0.39 is 21.5 Å². The molecule has 50 heavy (non-hydrogen) atoms. The Hall–Kier alpha value is -2.73. The third kappa shape index (κ3) is 7.43. The van der Waals surface area contributed by atoms with Gasteiger partial charge in [-0.2, -0.15) is 0 Å². The number of benzene rings is 2. The Morgan fingerprint density at radius 2 is 1.68 bits per heavy atom. The van der Waals surface area contributed by atoms with Crippen molar-refractivity contribution >= 4 is 21.6 Å². The van der Waals surface area contributed by atoms with E-state index in [-0.39, 0.29) is 28.4 Å². The van der Waals surface area contributed by atoms with E-state index in [2.05, 4.69) is 26.1 Å². The number of hydrogen-bond donors (Lipinski definition) is 2. The van der Waals surface area contributed by atoms with Crippen LogP contribution in [0.1, 0.15) is 70.3 Å². The second-order valence-corrected chi connectivity index (χ2v) is 18.4. The molecule has 5 fully saturated rings. The van der Waals surface area contributed by atoms with Crippen LogP contribution in [0.5, 0.6) is 0 Å². The highest BCUT2D eigenvalue weighted by molar-refractivity contribution is 7.92. The van der Waals surface area contributed by atoms with Crippen LogP contribution in [0.25, 0.3) is 0 Å². The molecule has 0 unspecified atom stereocenters. The highest BCUT2D eigenvalue weighted by Gasteiger charge is 2.53. The average Bonchev–Trinajstić information content (AvgIpc) is 3.86. The summed E-state index contributed by atoms with van der Waals surface area (Å²) in [7, 11) is -1.76. The Kier molecular flexibility index (Phi) is 10.2. The molecule has 2 aromatic carbocycles. The quantitative estimate of drug-likeness (QED) is 0.328. The molecule has 3 saturated heterocycles. The van der Waals surface area contributed by atoms with Crippen LogP contribution in [0.2, 0.25) is 0 Å². The number of amides is 1. The normalized spacial score (nSPS) is 26.7. The van der Waals surface area contributed by atoms with Gasteiger partial charge in [-0.15, -0.1) is 0 Å². The van der Waals surface area contributed by atoms with Gasteiger partial charge in [0.25, 0.3) is 0 Å². The van der Waals surface area contributed by atoms with Crippen LogP contribution in [0.3, 0.4) is 0 Å². The fourth-order valence-electron chi connectivity index (χ4n) is 9.70. The number of carbonyl (C=O) groups excluding carboxylic acids is 1. The molecule has 11 heteroatoms. The first-order chi connectivity index (χ1) is 24.0. The van der Waals surface area contributed by atoms with Gasteiger partial charge >= 0.3 is 6.09 Å². The zero-order valence-corrected chi connectivity index (χ0v) is 30.6. The highest BCUT2D eigenvalue weighted by Crippen LogP contribution is 2.51. The summed E-state index contributed by atoms with van der Waals surface area (Å²) < 4.78 is 45.4. The molecule has 2 saturated carbocycles. The summed E-state index contributed by atoms with van der Waals surface area (Å²) in [5.41, 5.74) is 1.08. The summed E-state index contributed by atoms with van der Waals surface area (Å²) in [6.45, 7) is 9.19. The molecule has 1 amide bonds. The summed E-state index contributed by atoms with van der Waals surface area (Å²) in [4.78, 5) is 20.4. The van der Waals surface area contributed by atoms with Gasteiger partial charge in [0.05, 0.1) is 22.9 Å². The van der Waals surface area contributed by atoms with Crippen LogP contribution in [0, 0.1) is 23.6 Å². The van der Waals surface area contributed by atoms with E-state index >= 15 is 4.39 Å². The van der Waals surface area contributed by atoms with Crippen molar-refractivity contribution < 1.29 is 27.4 Å². The van der Waals surface area contributed by atoms with E-state index in [1.807, 2.05) is 25.1 Å². The number of sulfone groups is 1. The topological polar surface area (TPSA) is 102 Å². The zero-order valence-electron chi connectivity index (χ0n) is 29.7. The first kappa shape index (κ1) is 35.7. The molecule has 2 aromatic rings. The minimum Gasteiger partial charge on any atom is -0.453 e. The number of anilines is 1. The molecule has 7 rings (SSSR count). The van der Waals surface area contributed by atoms with Gasteiger partial charge in [0, 0.05) is 62.3 Å². The molecule has 2 aliphatic carbocycles. The van der Waals surface area contributed by atoms with Crippen LogP contribution in [0.15, 0.2) is 53.4 Å². The number of hydrogen-bond acceptors (Lipinski definition) is 8. The lowest BCUT2D eigenvalue weighted by molar-refractivity contribution is -0.0259. The Labute approximate surface area is 297 Å². The number of alkyl carbamates (subject to hydrolysis) is 1. The smallest absolute Gasteiger partial charge is 0.407 e. The number of piperidine rings is 2. The maximum atomic E-state index is 15.1. The van der Waals surface area contributed by atoms with Crippen molar-refractivity contribution in [2.45, 2.75) is 91.9 Å². The number of likely N-dealkylation sites (tertiary alicyclic amines) is 2. The monoisotopic (exact) mass is 710 g/mol. The van der Waals surface area contributed by atoms with E-state index in [1.54, 1.807) is 18.2 Å². The van der Waals surface area contributed by atoms with E-state index in [0.717, 1.165) is 109 Å². The standard InChI is InChI=1S/C39H55FN4O5S/c1-38(46)17-21-43(22-18-38)27-39(30-5-3-6-31(40)23-30,35-7-4-8-36(35)41-37(45)49-2)29-15-19-42(20-16-29)24-28-25-44(26-28)32-9-11-33(12-10-32)50(47,48)34-13-14-34/h3,5-6,9-12,23,28-29,34-36,46H,4,7-8,13-22,24-27H2,1-2H3,(H,41,45)/t35-,36-,39-/m0/s1. The van der Waals surface area contributed by atoms with Gasteiger partial charge in [-0.1, -0.05) is 18.6 Å². The predicted octanol–water partition coefficient (Wildman–Crippen LogP) is 5.22. The number of nitrogens with one attached hydrogen (secondary N) is 1. The first-order valence-electron chi connectivity index (χ1n) is 18.8. The Bertz CT molecular complexity index is 1590. The van der Waals surface area contributed by atoms with Crippen molar-refractivity contribution in [3.63, 3.8) is 0 Å². The molecule has 0 aromatic heterocycles.